The Morgan fingerprint density at radius 2 is 2.19 bits per heavy atom. The molecule has 0 N–H and O–H groups in total. The SMILES string of the molecule is CC1CCCCC1n1c(CCCl)nc2c(C#N)cccc21. The highest BCUT2D eigenvalue weighted by Gasteiger charge is 2.27. The third-order valence-corrected chi connectivity index (χ3v) is 4.82. The summed E-state index contributed by atoms with van der Waals surface area (Å²) in [5.41, 5.74) is 2.58. The predicted molar refractivity (Wildman–Crippen MR) is 85.5 cm³/mol. The summed E-state index contributed by atoms with van der Waals surface area (Å²) in [6.07, 6.45) is 5.80. The molecule has 4 heteroatoms. The highest BCUT2D eigenvalue weighted by atomic mass is 35.5. The van der Waals surface area contributed by atoms with Gasteiger partial charge in [-0.1, -0.05) is 25.8 Å². The van der Waals surface area contributed by atoms with Crippen LogP contribution in [0.4, 0.5) is 0 Å². The Morgan fingerprint density at radius 1 is 1.38 bits per heavy atom. The summed E-state index contributed by atoms with van der Waals surface area (Å²) in [6.45, 7) is 2.33. The largest absolute Gasteiger partial charge is 0.325 e. The third kappa shape index (κ3) is 2.53. The first kappa shape index (κ1) is 14.4. The first-order valence-corrected chi connectivity index (χ1v) is 8.25. The number of nitrogens with zero attached hydrogens (tertiary/aromatic N) is 3. The van der Waals surface area contributed by atoms with E-state index in [1.54, 1.807) is 0 Å². The van der Waals surface area contributed by atoms with Crippen molar-refractivity contribution in [1.29, 1.82) is 5.26 Å². The fourth-order valence-corrected chi connectivity index (χ4v) is 3.74. The van der Waals surface area contributed by atoms with E-state index in [-0.39, 0.29) is 0 Å². The molecule has 0 amide bonds. The molecule has 1 aromatic heterocycles. The average molecular weight is 302 g/mol. The van der Waals surface area contributed by atoms with Crippen LogP contribution in [0.1, 0.15) is 50.0 Å². The van der Waals surface area contributed by atoms with Crippen LogP contribution in [0.15, 0.2) is 18.2 Å². The van der Waals surface area contributed by atoms with Gasteiger partial charge in [-0.3, -0.25) is 0 Å². The van der Waals surface area contributed by atoms with Crippen molar-refractivity contribution in [3.05, 3.63) is 29.6 Å². The second-order valence-electron chi connectivity index (χ2n) is 5.95. The van der Waals surface area contributed by atoms with Crippen molar-refractivity contribution in [2.45, 2.75) is 45.1 Å². The molecule has 0 saturated heterocycles. The summed E-state index contributed by atoms with van der Waals surface area (Å²) >= 11 is 5.97. The van der Waals surface area contributed by atoms with Gasteiger partial charge in [0.05, 0.1) is 11.1 Å². The zero-order chi connectivity index (χ0) is 14.8. The Labute approximate surface area is 130 Å². The van der Waals surface area contributed by atoms with E-state index >= 15 is 0 Å². The molecular formula is C17H20ClN3. The third-order valence-electron chi connectivity index (χ3n) is 4.63. The van der Waals surface area contributed by atoms with E-state index in [0.717, 1.165) is 23.3 Å². The summed E-state index contributed by atoms with van der Waals surface area (Å²) in [6, 6.07) is 8.62. The summed E-state index contributed by atoms with van der Waals surface area (Å²) in [7, 11) is 0. The van der Waals surface area contributed by atoms with Crippen molar-refractivity contribution in [3.63, 3.8) is 0 Å². The number of hydrogen-bond donors (Lipinski definition) is 0. The Hall–Kier alpha value is -1.53. The minimum absolute atomic E-state index is 0.482. The molecule has 1 fully saturated rings. The molecule has 0 bridgehead atoms. The van der Waals surface area contributed by atoms with Gasteiger partial charge >= 0.3 is 0 Å². The minimum Gasteiger partial charge on any atom is -0.325 e. The minimum atomic E-state index is 0.482. The summed E-state index contributed by atoms with van der Waals surface area (Å²) < 4.78 is 2.36. The van der Waals surface area contributed by atoms with Crippen LogP contribution in [0.2, 0.25) is 0 Å². The number of hydrogen-bond acceptors (Lipinski definition) is 2. The fourth-order valence-electron chi connectivity index (χ4n) is 3.57. The van der Waals surface area contributed by atoms with Crippen molar-refractivity contribution in [2.24, 2.45) is 5.92 Å². The molecule has 0 aliphatic heterocycles. The summed E-state index contributed by atoms with van der Waals surface area (Å²) in [5, 5.41) is 9.30. The first-order valence-electron chi connectivity index (χ1n) is 7.72. The molecule has 1 aromatic carbocycles. The fraction of sp³-hybridized carbons (Fsp3) is 0.529. The molecule has 1 saturated carbocycles. The second-order valence-corrected chi connectivity index (χ2v) is 6.33. The molecule has 2 unspecified atom stereocenters. The first-order chi connectivity index (χ1) is 10.3. The highest BCUT2D eigenvalue weighted by molar-refractivity contribution is 6.17. The Kier molecular flexibility index (Phi) is 4.17. The molecular weight excluding hydrogens is 282 g/mol. The van der Waals surface area contributed by atoms with Crippen molar-refractivity contribution < 1.29 is 0 Å². The van der Waals surface area contributed by atoms with Gasteiger partial charge in [-0.15, -0.1) is 11.6 Å². The van der Waals surface area contributed by atoms with E-state index in [1.165, 1.54) is 25.7 Å². The van der Waals surface area contributed by atoms with Gasteiger partial charge < -0.3 is 4.57 Å². The standard InChI is InChI=1S/C17H20ClN3/c1-12-5-2-3-7-14(12)21-15-8-4-6-13(11-19)17(15)20-16(21)9-10-18/h4,6,8,12,14H,2-3,5,7,9-10H2,1H3. The summed E-state index contributed by atoms with van der Waals surface area (Å²) in [4.78, 5) is 4.74. The van der Waals surface area contributed by atoms with Crippen LogP contribution in [-0.4, -0.2) is 15.4 Å². The number of alkyl halides is 1. The van der Waals surface area contributed by atoms with Gasteiger partial charge in [0.25, 0.3) is 0 Å². The number of fused-ring (bicyclic) bond motifs is 1. The number of nitriles is 1. The molecule has 1 aliphatic carbocycles. The van der Waals surface area contributed by atoms with E-state index < -0.39 is 0 Å². The molecule has 0 radical (unpaired) electrons. The van der Waals surface area contributed by atoms with Crippen LogP contribution < -0.4 is 0 Å². The monoisotopic (exact) mass is 301 g/mol. The maximum Gasteiger partial charge on any atom is 0.111 e. The smallest absolute Gasteiger partial charge is 0.111 e. The zero-order valence-electron chi connectivity index (χ0n) is 12.3. The van der Waals surface area contributed by atoms with Crippen LogP contribution in [0.25, 0.3) is 11.0 Å². The van der Waals surface area contributed by atoms with Gasteiger partial charge in [-0.2, -0.15) is 5.26 Å². The summed E-state index contributed by atoms with van der Waals surface area (Å²) in [5.74, 6) is 2.24. The molecule has 0 spiro atoms. The van der Waals surface area contributed by atoms with Gasteiger partial charge in [0, 0.05) is 18.3 Å². The van der Waals surface area contributed by atoms with E-state index in [4.69, 9.17) is 16.6 Å². The Morgan fingerprint density at radius 3 is 2.90 bits per heavy atom. The normalized spacial score (nSPS) is 22.3. The molecule has 2 aromatic rings. The molecule has 1 aliphatic rings. The molecule has 3 rings (SSSR count). The van der Waals surface area contributed by atoms with Crippen molar-refractivity contribution in [1.82, 2.24) is 9.55 Å². The molecule has 3 nitrogen and oxygen atoms in total. The lowest BCUT2D eigenvalue weighted by Gasteiger charge is -2.31. The van der Waals surface area contributed by atoms with Crippen LogP contribution in [0, 0.1) is 17.2 Å². The second kappa shape index (κ2) is 6.07. The lowest BCUT2D eigenvalue weighted by Crippen LogP contribution is -2.23. The number of para-hydroxylation sites is 1. The maximum atomic E-state index is 9.30. The highest BCUT2D eigenvalue weighted by Crippen LogP contribution is 2.37. The van der Waals surface area contributed by atoms with Gasteiger partial charge in [-0.05, 0) is 30.9 Å². The average Bonchev–Trinajstić information content (AvgIpc) is 2.86. The van der Waals surface area contributed by atoms with Crippen molar-refractivity contribution in [2.75, 3.05) is 5.88 Å². The lowest BCUT2D eigenvalue weighted by molar-refractivity contribution is 0.258. The predicted octanol–water partition coefficient (Wildman–Crippen LogP) is 4.44. The van der Waals surface area contributed by atoms with E-state index in [2.05, 4.69) is 23.6 Å². The van der Waals surface area contributed by atoms with Crippen molar-refractivity contribution >= 4 is 22.6 Å². The van der Waals surface area contributed by atoms with Crippen LogP contribution >= 0.6 is 11.6 Å². The Bertz CT molecular complexity index is 683. The molecule has 2 atom stereocenters. The van der Waals surface area contributed by atoms with E-state index in [0.29, 0.717) is 23.4 Å². The Balaban J connectivity index is 2.19. The number of imidazole rings is 1. The number of benzene rings is 1. The quantitative estimate of drug-likeness (QED) is 0.786. The number of aryl methyl sites for hydroxylation is 1. The topological polar surface area (TPSA) is 41.6 Å². The molecule has 1 heterocycles. The van der Waals surface area contributed by atoms with Gasteiger partial charge in [0.1, 0.15) is 17.4 Å². The lowest BCUT2D eigenvalue weighted by atomic mass is 9.85. The van der Waals surface area contributed by atoms with Crippen LogP contribution in [0.3, 0.4) is 0 Å². The molecule has 110 valence electrons. The van der Waals surface area contributed by atoms with Gasteiger partial charge in [0.2, 0.25) is 0 Å². The number of halogens is 1. The van der Waals surface area contributed by atoms with Crippen LogP contribution in [0.5, 0.6) is 0 Å². The van der Waals surface area contributed by atoms with Crippen LogP contribution in [-0.2, 0) is 6.42 Å². The number of rotatable bonds is 3. The zero-order valence-corrected chi connectivity index (χ0v) is 13.1. The van der Waals surface area contributed by atoms with E-state index in [9.17, 15) is 5.26 Å². The molecule has 21 heavy (non-hydrogen) atoms. The number of aromatic nitrogens is 2. The van der Waals surface area contributed by atoms with E-state index in [1.807, 2.05) is 12.1 Å². The van der Waals surface area contributed by atoms with Gasteiger partial charge in [0.15, 0.2) is 0 Å². The van der Waals surface area contributed by atoms with Crippen molar-refractivity contribution in [3.8, 4) is 6.07 Å². The maximum absolute atomic E-state index is 9.30. The van der Waals surface area contributed by atoms with Gasteiger partial charge in [-0.25, -0.2) is 4.98 Å².